The van der Waals surface area contributed by atoms with E-state index >= 15 is 0 Å². The largest absolute Gasteiger partial charge is 0.455 e. The van der Waals surface area contributed by atoms with Crippen molar-refractivity contribution >= 4 is 7.85 Å². The summed E-state index contributed by atoms with van der Waals surface area (Å²) in [5.74, 6) is -6.47. The van der Waals surface area contributed by atoms with Gasteiger partial charge >= 0.3 is 12.0 Å². The fourth-order valence-electron chi connectivity index (χ4n) is 2.88. The van der Waals surface area contributed by atoms with E-state index in [2.05, 4.69) is 9.72 Å². The lowest BCUT2D eigenvalue weighted by Gasteiger charge is -2.38. The van der Waals surface area contributed by atoms with E-state index in [9.17, 15) is 30.7 Å². The lowest BCUT2D eigenvalue weighted by molar-refractivity contribution is -0.377. The molecule has 1 aromatic heterocycles. The van der Waals surface area contributed by atoms with Crippen LogP contribution in [0.25, 0.3) is 0 Å². The van der Waals surface area contributed by atoms with Gasteiger partial charge < -0.3 is 9.47 Å². The Hall–Kier alpha value is -2.30. The predicted molar refractivity (Wildman–Crippen MR) is 81.7 cm³/mol. The molecule has 0 N–H and O–H groups in total. The highest BCUT2D eigenvalue weighted by Crippen LogP contribution is 2.56. The lowest BCUT2D eigenvalue weighted by atomic mass is 9.83. The number of nitrogens with zero attached hydrogens (tertiary/aromatic N) is 1. The van der Waals surface area contributed by atoms with E-state index in [1.165, 1.54) is 7.85 Å². The van der Waals surface area contributed by atoms with Crippen molar-refractivity contribution in [1.82, 2.24) is 4.98 Å². The Labute approximate surface area is 149 Å². The van der Waals surface area contributed by atoms with E-state index in [1.54, 1.807) is 0 Å². The molecular weight excluding hydrogens is 382 g/mol. The van der Waals surface area contributed by atoms with Crippen molar-refractivity contribution in [2.75, 3.05) is 0 Å². The average Bonchev–Trinajstić information content (AvgIpc) is 2.57. The van der Waals surface area contributed by atoms with Crippen LogP contribution in [-0.4, -0.2) is 18.9 Å². The second kappa shape index (κ2) is 6.70. The van der Waals surface area contributed by atoms with Crippen molar-refractivity contribution in [3.05, 3.63) is 53.1 Å². The van der Waals surface area contributed by atoms with E-state index in [0.717, 1.165) is 18.5 Å². The van der Waals surface area contributed by atoms with Gasteiger partial charge in [0.05, 0.1) is 24.1 Å². The molecule has 2 heterocycles. The molecule has 1 unspecified atom stereocenters. The maximum Gasteiger partial charge on any atom is 0.424 e. The van der Waals surface area contributed by atoms with Crippen LogP contribution >= 0.6 is 0 Å². The molecule has 11 heteroatoms. The number of halogens is 7. The van der Waals surface area contributed by atoms with Crippen molar-refractivity contribution in [2.24, 2.45) is 0 Å². The first-order chi connectivity index (χ1) is 12.6. The smallest absolute Gasteiger partial charge is 0.424 e. The first-order valence-electron chi connectivity index (χ1n) is 7.75. The quantitative estimate of drug-likeness (QED) is 0.555. The van der Waals surface area contributed by atoms with Gasteiger partial charge in [-0.2, -0.15) is 17.6 Å². The van der Waals surface area contributed by atoms with E-state index in [1.807, 2.05) is 0 Å². The average molecular weight is 393 g/mol. The Bertz CT molecular complexity index is 863. The highest BCUT2D eigenvalue weighted by molar-refractivity contribution is 6.09. The van der Waals surface area contributed by atoms with Gasteiger partial charge in [-0.05, 0) is 12.1 Å². The fraction of sp³-hybridized carbons (Fsp3) is 0.312. The fourth-order valence-corrected chi connectivity index (χ4v) is 2.88. The molecule has 1 aromatic carbocycles. The molecule has 0 spiro atoms. The minimum Gasteiger partial charge on any atom is -0.455 e. The zero-order valence-corrected chi connectivity index (χ0v) is 13.7. The van der Waals surface area contributed by atoms with Gasteiger partial charge in [-0.1, -0.05) is 6.32 Å². The van der Waals surface area contributed by atoms with Gasteiger partial charge in [0.25, 0.3) is 6.43 Å². The van der Waals surface area contributed by atoms with Crippen LogP contribution in [0, 0.1) is 5.82 Å². The zero-order chi connectivity index (χ0) is 20.0. The number of benzene rings is 1. The van der Waals surface area contributed by atoms with Gasteiger partial charge in [-0.3, -0.25) is 4.98 Å². The third-order valence-electron chi connectivity index (χ3n) is 4.06. The molecule has 1 aliphatic heterocycles. The molecule has 0 radical (unpaired) electrons. The summed E-state index contributed by atoms with van der Waals surface area (Å²) >= 11 is 0. The summed E-state index contributed by atoms with van der Waals surface area (Å²) in [6.45, 7) is 0. The van der Waals surface area contributed by atoms with Crippen molar-refractivity contribution in [3.8, 4) is 11.5 Å². The van der Waals surface area contributed by atoms with Crippen LogP contribution in [0.5, 0.6) is 11.5 Å². The molecule has 0 fully saturated rings. The van der Waals surface area contributed by atoms with Crippen LogP contribution in [0.2, 0.25) is 6.32 Å². The van der Waals surface area contributed by atoms with E-state index < -0.39 is 52.8 Å². The summed E-state index contributed by atoms with van der Waals surface area (Å²) in [6, 6.07) is 2.15. The van der Waals surface area contributed by atoms with Crippen molar-refractivity contribution in [3.63, 3.8) is 0 Å². The van der Waals surface area contributed by atoms with Crippen molar-refractivity contribution in [1.29, 1.82) is 0 Å². The van der Waals surface area contributed by atoms with Gasteiger partial charge in [0, 0.05) is 17.2 Å². The Morgan fingerprint density at radius 2 is 1.89 bits per heavy atom. The Morgan fingerprint density at radius 3 is 2.48 bits per heavy atom. The lowest BCUT2D eigenvalue weighted by Crippen LogP contribution is -2.46. The zero-order valence-electron chi connectivity index (χ0n) is 13.7. The van der Waals surface area contributed by atoms with Crippen LogP contribution in [0.15, 0.2) is 30.6 Å². The van der Waals surface area contributed by atoms with Crippen molar-refractivity contribution in [2.45, 2.75) is 30.9 Å². The first-order valence-corrected chi connectivity index (χ1v) is 7.75. The second-order valence-electron chi connectivity index (χ2n) is 5.79. The van der Waals surface area contributed by atoms with Crippen LogP contribution in [-0.2, 0) is 10.7 Å². The van der Waals surface area contributed by atoms with Crippen molar-refractivity contribution < 1.29 is 40.2 Å². The third-order valence-corrected chi connectivity index (χ3v) is 4.06. The summed E-state index contributed by atoms with van der Waals surface area (Å²) in [4.78, 5) is 3.48. The number of pyridine rings is 1. The molecular formula is C16H11BF7NO2. The van der Waals surface area contributed by atoms with Gasteiger partial charge in [-0.15, -0.1) is 0 Å². The van der Waals surface area contributed by atoms with E-state index in [4.69, 9.17) is 4.74 Å². The molecule has 0 aliphatic carbocycles. The molecule has 2 aromatic rings. The Balaban J connectivity index is 2.19. The molecule has 0 amide bonds. The molecule has 3 nitrogen and oxygen atoms in total. The van der Waals surface area contributed by atoms with Crippen LogP contribution in [0.4, 0.5) is 30.7 Å². The summed E-state index contributed by atoms with van der Waals surface area (Å²) in [5, 5.41) is 0. The van der Waals surface area contributed by atoms with Gasteiger partial charge in [0.2, 0.25) is 0 Å². The van der Waals surface area contributed by atoms with Crippen LogP contribution in [0.3, 0.4) is 0 Å². The minimum absolute atomic E-state index is 0.261. The maximum absolute atomic E-state index is 14.1. The monoisotopic (exact) mass is 393 g/mol. The standard InChI is InChI=1S/C16H11BF7NO2/c17-4-11-12-9(15(21,22)16(23,24)27-11)1-2-10(13(12)14(19)20)26-8-3-7(18)5-25-6-8/h1-3,5-6,11,14H,4,17H2. The highest BCUT2D eigenvalue weighted by atomic mass is 19.3. The summed E-state index contributed by atoms with van der Waals surface area (Å²) in [6.07, 6.45) is -8.28. The summed E-state index contributed by atoms with van der Waals surface area (Å²) < 4.78 is 105. The normalized spacial score (nSPS) is 20.4. The molecule has 0 saturated carbocycles. The number of hydrogen-bond acceptors (Lipinski definition) is 3. The highest BCUT2D eigenvalue weighted by Gasteiger charge is 2.64. The van der Waals surface area contributed by atoms with Gasteiger partial charge in [-0.25, -0.2) is 13.2 Å². The van der Waals surface area contributed by atoms with Gasteiger partial charge in [0.15, 0.2) is 0 Å². The Morgan fingerprint density at radius 1 is 1.19 bits per heavy atom. The molecule has 0 saturated heterocycles. The SMILES string of the molecule is BCC1OC(F)(F)C(F)(F)c2ccc(Oc3cncc(F)c3)c(C(F)F)c21. The topological polar surface area (TPSA) is 31.4 Å². The first kappa shape index (κ1) is 19.5. The van der Waals surface area contributed by atoms with E-state index in [-0.39, 0.29) is 12.1 Å². The number of rotatable bonds is 4. The van der Waals surface area contributed by atoms with Gasteiger partial charge in [0.1, 0.15) is 25.2 Å². The number of aromatic nitrogens is 1. The summed E-state index contributed by atoms with van der Waals surface area (Å²) in [5.41, 5.74) is -3.03. The van der Waals surface area contributed by atoms with Crippen LogP contribution < -0.4 is 4.74 Å². The second-order valence-corrected chi connectivity index (χ2v) is 5.79. The van der Waals surface area contributed by atoms with Crippen LogP contribution in [0.1, 0.15) is 29.2 Å². The number of ether oxygens (including phenoxy) is 2. The maximum atomic E-state index is 14.1. The number of hydrogen-bond donors (Lipinski definition) is 0. The Kier molecular flexibility index (Phi) is 4.83. The molecule has 3 rings (SSSR count). The molecule has 144 valence electrons. The summed E-state index contributed by atoms with van der Waals surface area (Å²) in [7, 11) is 1.33. The number of fused-ring (bicyclic) bond motifs is 1. The predicted octanol–water partition coefficient (Wildman–Crippen LogP) is 4.76. The third kappa shape index (κ3) is 3.24. The molecule has 1 aliphatic rings. The molecule has 0 bridgehead atoms. The molecule has 27 heavy (non-hydrogen) atoms. The molecule has 1 atom stereocenters. The van der Waals surface area contributed by atoms with E-state index in [0.29, 0.717) is 12.1 Å². The minimum atomic E-state index is -4.85. The number of alkyl halides is 6.